The molecule has 0 aliphatic rings. The summed E-state index contributed by atoms with van der Waals surface area (Å²) in [6.07, 6.45) is 1.87. The Morgan fingerprint density at radius 2 is 1.89 bits per heavy atom. The fourth-order valence-electron chi connectivity index (χ4n) is 1.82. The van der Waals surface area contributed by atoms with E-state index >= 15 is 0 Å². The van der Waals surface area contributed by atoms with Crippen molar-refractivity contribution in [1.29, 1.82) is 0 Å². The lowest BCUT2D eigenvalue weighted by Crippen LogP contribution is -2.09. The molecule has 0 amide bonds. The van der Waals surface area contributed by atoms with Crippen LogP contribution in [-0.2, 0) is 14.3 Å². The lowest BCUT2D eigenvalue weighted by Gasteiger charge is -2.08. The molecule has 2 rings (SSSR count). The van der Waals surface area contributed by atoms with E-state index < -0.39 is 10.1 Å². The van der Waals surface area contributed by atoms with Gasteiger partial charge in [-0.3, -0.25) is 8.98 Å². The molecule has 4 nitrogen and oxygen atoms in total. The summed E-state index contributed by atoms with van der Waals surface area (Å²) in [4.78, 5) is 11.1. The van der Waals surface area contributed by atoms with Gasteiger partial charge in [0, 0.05) is 5.56 Å². The number of benzene rings is 2. The fourth-order valence-corrected chi connectivity index (χ4v) is 2.88. The molecule has 0 aliphatic carbocycles. The molecule has 2 aromatic rings. The monoisotopic (exact) mass is 276 g/mol. The van der Waals surface area contributed by atoms with Crippen LogP contribution in [0, 0.1) is 0 Å². The number of carbonyl (C=O) groups excluding carboxylic acids is 1. The fraction of sp³-hybridized carbons (Fsp3) is 0.0714. The highest BCUT2D eigenvalue weighted by atomic mass is 32.2. The summed E-state index contributed by atoms with van der Waals surface area (Å²) in [6, 6.07) is 10.1. The Bertz CT molecular complexity index is 732. The number of hydrogen-bond donors (Lipinski definition) is 0. The minimum Gasteiger partial charge on any atom is -0.298 e. The van der Waals surface area contributed by atoms with E-state index in [1.54, 1.807) is 18.2 Å². The van der Waals surface area contributed by atoms with Crippen LogP contribution in [0.1, 0.15) is 10.4 Å². The SMILES string of the molecule is C=CCOS(=O)(=O)c1ccc2ccccc2c1C=O. The van der Waals surface area contributed by atoms with Crippen LogP contribution in [0.3, 0.4) is 0 Å². The first-order chi connectivity index (χ1) is 9.10. The Balaban J connectivity index is 2.67. The number of aldehydes is 1. The zero-order valence-electron chi connectivity index (χ0n) is 10.1. The molecule has 0 radical (unpaired) electrons. The maximum atomic E-state index is 12.0. The molecule has 5 heteroatoms. The Morgan fingerprint density at radius 3 is 2.58 bits per heavy atom. The van der Waals surface area contributed by atoms with Gasteiger partial charge in [-0.1, -0.05) is 36.4 Å². The number of carbonyl (C=O) groups is 1. The first-order valence-corrected chi connectivity index (χ1v) is 6.98. The predicted octanol–water partition coefficient (Wildman–Crippen LogP) is 2.54. The van der Waals surface area contributed by atoms with Crippen LogP contribution in [0.15, 0.2) is 53.9 Å². The molecule has 98 valence electrons. The lowest BCUT2D eigenvalue weighted by molar-refractivity contribution is 0.112. The Kier molecular flexibility index (Phi) is 3.78. The molecule has 0 fully saturated rings. The van der Waals surface area contributed by atoms with Crippen molar-refractivity contribution in [2.75, 3.05) is 6.61 Å². The maximum Gasteiger partial charge on any atom is 0.298 e. The highest BCUT2D eigenvalue weighted by molar-refractivity contribution is 7.86. The second-order valence-corrected chi connectivity index (χ2v) is 5.43. The van der Waals surface area contributed by atoms with Gasteiger partial charge in [0.1, 0.15) is 4.90 Å². The van der Waals surface area contributed by atoms with E-state index in [0.29, 0.717) is 11.7 Å². The van der Waals surface area contributed by atoms with Gasteiger partial charge in [0.05, 0.1) is 6.61 Å². The topological polar surface area (TPSA) is 60.4 Å². The summed E-state index contributed by atoms with van der Waals surface area (Å²) >= 11 is 0. The van der Waals surface area contributed by atoms with E-state index in [9.17, 15) is 13.2 Å². The zero-order valence-corrected chi connectivity index (χ0v) is 10.9. The molecule has 19 heavy (non-hydrogen) atoms. The van der Waals surface area contributed by atoms with Crippen LogP contribution in [-0.4, -0.2) is 21.3 Å². The van der Waals surface area contributed by atoms with Crippen molar-refractivity contribution in [1.82, 2.24) is 0 Å². The van der Waals surface area contributed by atoms with Gasteiger partial charge in [0.25, 0.3) is 10.1 Å². The summed E-state index contributed by atoms with van der Waals surface area (Å²) in [5.41, 5.74) is 0.113. The molecule has 0 bridgehead atoms. The Hall–Kier alpha value is -1.98. The van der Waals surface area contributed by atoms with Crippen molar-refractivity contribution in [2.45, 2.75) is 4.90 Å². The highest BCUT2D eigenvalue weighted by Crippen LogP contribution is 2.25. The van der Waals surface area contributed by atoms with Crippen molar-refractivity contribution in [3.05, 3.63) is 54.6 Å². The molecule has 0 saturated heterocycles. The van der Waals surface area contributed by atoms with Gasteiger partial charge in [0.15, 0.2) is 6.29 Å². The van der Waals surface area contributed by atoms with E-state index in [0.717, 1.165) is 5.39 Å². The minimum absolute atomic E-state index is 0.113. The lowest BCUT2D eigenvalue weighted by atomic mass is 10.1. The normalized spacial score (nSPS) is 11.4. The van der Waals surface area contributed by atoms with Crippen LogP contribution in [0.5, 0.6) is 0 Å². The Morgan fingerprint density at radius 1 is 1.16 bits per heavy atom. The highest BCUT2D eigenvalue weighted by Gasteiger charge is 2.20. The average Bonchev–Trinajstić information content (AvgIpc) is 2.43. The van der Waals surface area contributed by atoms with Gasteiger partial charge >= 0.3 is 0 Å². The maximum absolute atomic E-state index is 12.0. The summed E-state index contributed by atoms with van der Waals surface area (Å²) in [5.74, 6) is 0. The van der Waals surface area contributed by atoms with Crippen molar-refractivity contribution >= 4 is 27.2 Å². The second-order valence-electron chi connectivity index (χ2n) is 3.84. The Labute approximate surface area is 111 Å². The van der Waals surface area contributed by atoms with E-state index in [1.807, 2.05) is 12.1 Å². The number of hydrogen-bond acceptors (Lipinski definition) is 4. The molecular weight excluding hydrogens is 264 g/mol. The van der Waals surface area contributed by atoms with Crippen LogP contribution in [0.4, 0.5) is 0 Å². The van der Waals surface area contributed by atoms with E-state index in [4.69, 9.17) is 4.18 Å². The minimum atomic E-state index is -3.96. The van der Waals surface area contributed by atoms with E-state index in [1.165, 1.54) is 12.1 Å². The largest absolute Gasteiger partial charge is 0.298 e. The van der Waals surface area contributed by atoms with Crippen molar-refractivity contribution < 1.29 is 17.4 Å². The van der Waals surface area contributed by atoms with Crippen molar-refractivity contribution in [3.63, 3.8) is 0 Å². The van der Waals surface area contributed by atoms with Gasteiger partial charge < -0.3 is 0 Å². The molecule has 0 unspecified atom stereocenters. The summed E-state index contributed by atoms with van der Waals surface area (Å²) < 4.78 is 28.7. The smallest absolute Gasteiger partial charge is 0.298 e. The number of rotatable bonds is 5. The quantitative estimate of drug-likeness (QED) is 0.478. The van der Waals surface area contributed by atoms with Gasteiger partial charge in [0.2, 0.25) is 0 Å². The molecule has 0 atom stereocenters. The third-order valence-electron chi connectivity index (χ3n) is 2.66. The van der Waals surface area contributed by atoms with Crippen LogP contribution in [0.2, 0.25) is 0 Å². The summed E-state index contributed by atoms with van der Waals surface area (Å²) in [5, 5.41) is 1.38. The summed E-state index contributed by atoms with van der Waals surface area (Å²) in [6.45, 7) is 3.26. The van der Waals surface area contributed by atoms with Gasteiger partial charge in [-0.25, -0.2) is 0 Å². The van der Waals surface area contributed by atoms with Crippen molar-refractivity contribution in [3.8, 4) is 0 Å². The van der Waals surface area contributed by atoms with E-state index in [-0.39, 0.29) is 17.1 Å². The van der Waals surface area contributed by atoms with Gasteiger partial charge in [-0.2, -0.15) is 8.42 Å². The second kappa shape index (κ2) is 5.34. The van der Waals surface area contributed by atoms with Crippen LogP contribution in [0.25, 0.3) is 10.8 Å². The molecule has 0 heterocycles. The first kappa shape index (κ1) is 13.5. The van der Waals surface area contributed by atoms with Crippen molar-refractivity contribution in [2.24, 2.45) is 0 Å². The molecule has 2 aromatic carbocycles. The van der Waals surface area contributed by atoms with Crippen LogP contribution < -0.4 is 0 Å². The van der Waals surface area contributed by atoms with E-state index in [2.05, 4.69) is 6.58 Å². The standard InChI is InChI=1S/C14H12O4S/c1-2-9-18-19(16,17)14-8-7-11-5-3-4-6-12(11)13(14)10-15/h2-8,10H,1,9H2. The van der Waals surface area contributed by atoms with Gasteiger partial charge in [-0.15, -0.1) is 6.58 Å². The number of fused-ring (bicyclic) bond motifs is 1. The van der Waals surface area contributed by atoms with Crippen LogP contribution >= 0.6 is 0 Å². The summed E-state index contributed by atoms with van der Waals surface area (Å²) in [7, 11) is -3.96. The molecular formula is C14H12O4S. The first-order valence-electron chi connectivity index (χ1n) is 5.57. The molecule has 0 aromatic heterocycles. The van der Waals surface area contributed by atoms with Gasteiger partial charge in [-0.05, 0) is 16.8 Å². The molecule has 0 saturated carbocycles. The third-order valence-corrected chi connectivity index (χ3v) is 4.00. The molecule has 0 aliphatic heterocycles. The molecule has 0 spiro atoms. The third kappa shape index (κ3) is 2.57. The zero-order chi connectivity index (χ0) is 13.9. The predicted molar refractivity (Wildman–Crippen MR) is 72.7 cm³/mol. The molecule has 0 N–H and O–H groups in total. The average molecular weight is 276 g/mol.